The summed E-state index contributed by atoms with van der Waals surface area (Å²) in [5.74, 6) is -0.406. The fraction of sp³-hybridized carbons (Fsp3) is 0.227. The van der Waals surface area contributed by atoms with Crippen molar-refractivity contribution in [3.8, 4) is 5.75 Å². The Balaban J connectivity index is 1.41. The SMILES string of the molecule is O=C(COc1ccc(N2C(=O)[C@H]3CC=CC[C@H]3C2=O)cc1)c1ccc(Br)cc1. The molecule has 1 saturated heterocycles. The fourth-order valence-electron chi connectivity index (χ4n) is 3.61. The molecular formula is C22H18BrNO4. The number of nitrogens with zero attached hydrogens (tertiary/aromatic N) is 1. The van der Waals surface area contributed by atoms with Gasteiger partial charge in [-0.3, -0.25) is 19.3 Å². The van der Waals surface area contributed by atoms with Crippen molar-refractivity contribution in [1.29, 1.82) is 0 Å². The minimum absolute atomic E-state index is 0.0849. The van der Waals surface area contributed by atoms with Crippen molar-refractivity contribution in [2.45, 2.75) is 12.8 Å². The number of rotatable bonds is 5. The highest BCUT2D eigenvalue weighted by atomic mass is 79.9. The van der Waals surface area contributed by atoms with Crippen LogP contribution in [0.5, 0.6) is 5.75 Å². The topological polar surface area (TPSA) is 63.7 Å². The summed E-state index contributed by atoms with van der Waals surface area (Å²) in [6.07, 6.45) is 5.17. The molecule has 0 bridgehead atoms. The fourth-order valence-corrected chi connectivity index (χ4v) is 3.88. The minimum Gasteiger partial charge on any atom is -0.485 e. The minimum atomic E-state index is -0.253. The van der Waals surface area contributed by atoms with Gasteiger partial charge in [0.15, 0.2) is 12.4 Å². The van der Waals surface area contributed by atoms with Gasteiger partial charge in [0.2, 0.25) is 11.8 Å². The van der Waals surface area contributed by atoms with Gasteiger partial charge in [-0.2, -0.15) is 0 Å². The molecule has 1 heterocycles. The van der Waals surface area contributed by atoms with Crippen molar-refractivity contribution in [3.63, 3.8) is 0 Å². The molecule has 0 saturated carbocycles. The molecule has 1 aliphatic carbocycles. The number of hydrogen-bond donors (Lipinski definition) is 0. The van der Waals surface area contributed by atoms with Gasteiger partial charge in [-0.1, -0.05) is 40.2 Å². The van der Waals surface area contributed by atoms with Crippen LogP contribution in [0.2, 0.25) is 0 Å². The zero-order valence-electron chi connectivity index (χ0n) is 15.0. The number of halogens is 1. The molecule has 0 aromatic heterocycles. The molecule has 142 valence electrons. The van der Waals surface area contributed by atoms with Crippen molar-refractivity contribution in [1.82, 2.24) is 0 Å². The van der Waals surface area contributed by atoms with Crippen LogP contribution >= 0.6 is 15.9 Å². The molecule has 2 aromatic rings. The first kappa shape index (κ1) is 18.6. The van der Waals surface area contributed by atoms with Crippen molar-refractivity contribution in [3.05, 3.63) is 70.7 Å². The number of fused-ring (bicyclic) bond motifs is 1. The molecular weight excluding hydrogens is 422 g/mol. The number of ether oxygens (including phenoxy) is 1. The van der Waals surface area contributed by atoms with Gasteiger partial charge in [0.25, 0.3) is 0 Å². The van der Waals surface area contributed by atoms with E-state index < -0.39 is 0 Å². The Morgan fingerprint density at radius 3 is 2.07 bits per heavy atom. The lowest BCUT2D eigenvalue weighted by Gasteiger charge is -2.15. The second-order valence-corrected chi connectivity index (χ2v) is 7.80. The van der Waals surface area contributed by atoms with Crippen molar-refractivity contribution in [2.75, 3.05) is 11.5 Å². The van der Waals surface area contributed by atoms with Gasteiger partial charge in [0.1, 0.15) is 5.75 Å². The summed E-state index contributed by atoms with van der Waals surface area (Å²) >= 11 is 3.34. The second kappa shape index (κ2) is 7.72. The number of anilines is 1. The molecule has 28 heavy (non-hydrogen) atoms. The van der Waals surface area contributed by atoms with E-state index in [4.69, 9.17) is 4.74 Å². The second-order valence-electron chi connectivity index (χ2n) is 6.88. The molecule has 0 spiro atoms. The Labute approximate surface area is 171 Å². The van der Waals surface area contributed by atoms with Gasteiger partial charge in [-0.15, -0.1) is 0 Å². The van der Waals surface area contributed by atoms with E-state index >= 15 is 0 Å². The summed E-state index contributed by atoms with van der Waals surface area (Å²) in [5.41, 5.74) is 1.11. The Morgan fingerprint density at radius 2 is 1.50 bits per heavy atom. The van der Waals surface area contributed by atoms with E-state index in [1.54, 1.807) is 48.5 Å². The highest BCUT2D eigenvalue weighted by molar-refractivity contribution is 9.10. The average molecular weight is 440 g/mol. The van der Waals surface area contributed by atoms with E-state index in [0.29, 0.717) is 29.8 Å². The van der Waals surface area contributed by atoms with Gasteiger partial charge >= 0.3 is 0 Å². The number of carbonyl (C=O) groups is 3. The summed E-state index contributed by atoms with van der Waals surface area (Å²) in [5, 5.41) is 0. The molecule has 2 amide bonds. The lowest BCUT2D eigenvalue weighted by molar-refractivity contribution is -0.122. The quantitative estimate of drug-likeness (QED) is 0.398. The molecule has 0 radical (unpaired) electrons. The molecule has 0 unspecified atom stereocenters. The third-order valence-corrected chi connectivity index (χ3v) is 5.67. The molecule has 1 fully saturated rings. The molecule has 1 aliphatic heterocycles. The lowest BCUT2D eigenvalue weighted by atomic mass is 9.85. The number of Topliss-reactive ketones (excluding diaryl/α,β-unsaturated/α-hetero) is 1. The summed E-state index contributed by atoms with van der Waals surface area (Å²) in [6, 6.07) is 13.8. The van der Waals surface area contributed by atoms with Crippen LogP contribution in [0.25, 0.3) is 0 Å². The van der Waals surface area contributed by atoms with Crippen LogP contribution in [0.4, 0.5) is 5.69 Å². The molecule has 2 aromatic carbocycles. The van der Waals surface area contributed by atoms with Crippen molar-refractivity contribution < 1.29 is 19.1 Å². The average Bonchev–Trinajstić information content (AvgIpc) is 2.98. The number of ketones is 1. The van der Waals surface area contributed by atoms with E-state index in [2.05, 4.69) is 15.9 Å². The molecule has 4 rings (SSSR count). The predicted molar refractivity (Wildman–Crippen MR) is 108 cm³/mol. The third-order valence-electron chi connectivity index (χ3n) is 5.14. The van der Waals surface area contributed by atoms with Gasteiger partial charge in [-0.25, -0.2) is 0 Å². The van der Waals surface area contributed by atoms with Gasteiger partial charge in [0.05, 0.1) is 17.5 Å². The Kier molecular flexibility index (Phi) is 5.13. The van der Waals surface area contributed by atoms with Gasteiger partial charge in [-0.05, 0) is 49.2 Å². The van der Waals surface area contributed by atoms with E-state index in [9.17, 15) is 14.4 Å². The summed E-state index contributed by atoms with van der Waals surface area (Å²) in [6.45, 7) is -0.0849. The van der Waals surface area contributed by atoms with Gasteiger partial charge < -0.3 is 4.74 Å². The number of allylic oxidation sites excluding steroid dienone is 2. The van der Waals surface area contributed by atoms with E-state index in [0.717, 1.165) is 4.47 Å². The van der Waals surface area contributed by atoms with Crippen LogP contribution in [0.1, 0.15) is 23.2 Å². The van der Waals surface area contributed by atoms with Crippen LogP contribution < -0.4 is 9.64 Å². The van der Waals surface area contributed by atoms with Crippen LogP contribution in [-0.4, -0.2) is 24.2 Å². The molecule has 2 aliphatic rings. The highest BCUT2D eigenvalue weighted by Gasteiger charge is 2.47. The monoisotopic (exact) mass is 439 g/mol. The molecule has 0 N–H and O–H groups in total. The first-order valence-electron chi connectivity index (χ1n) is 9.09. The maximum atomic E-state index is 12.6. The highest BCUT2D eigenvalue weighted by Crippen LogP contribution is 2.37. The Hall–Kier alpha value is -2.73. The lowest BCUT2D eigenvalue weighted by Crippen LogP contribution is -2.30. The van der Waals surface area contributed by atoms with Crippen LogP contribution in [-0.2, 0) is 9.59 Å². The normalized spacial score (nSPS) is 21.0. The molecule has 5 nitrogen and oxygen atoms in total. The van der Waals surface area contributed by atoms with Crippen LogP contribution in [0.3, 0.4) is 0 Å². The van der Waals surface area contributed by atoms with Gasteiger partial charge in [0, 0.05) is 10.0 Å². The van der Waals surface area contributed by atoms with E-state index in [-0.39, 0.29) is 36.0 Å². The molecule has 6 heteroatoms. The first-order valence-corrected chi connectivity index (χ1v) is 9.88. The summed E-state index contributed by atoms with van der Waals surface area (Å²) in [4.78, 5) is 38.7. The van der Waals surface area contributed by atoms with Crippen molar-refractivity contribution >= 4 is 39.2 Å². The summed E-state index contributed by atoms with van der Waals surface area (Å²) in [7, 11) is 0. The third kappa shape index (κ3) is 3.52. The number of benzene rings is 2. The Bertz CT molecular complexity index is 924. The zero-order valence-corrected chi connectivity index (χ0v) is 16.6. The Morgan fingerprint density at radius 1 is 0.929 bits per heavy atom. The number of carbonyl (C=O) groups excluding carboxylic acids is 3. The predicted octanol–water partition coefficient (Wildman–Crippen LogP) is 4.17. The smallest absolute Gasteiger partial charge is 0.238 e. The number of amides is 2. The van der Waals surface area contributed by atoms with Crippen molar-refractivity contribution in [2.24, 2.45) is 11.8 Å². The zero-order chi connectivity index (χ0) is 19.7. The number of imide groups is 1. The maximum absolute atomic E-state index is 12.6. The summed E-state index contributed by atoms with van der Waals surface area (Å²) < 4.78 is 6.46. The standard InChI is InChI=1S/C22H18BrNO4/c23-15-7-5-14(6-8-15)20(25)13-28-17-11-9-16(10-12-17)24-21(26)18-3-1-2-4-19(18)22(24)27/h1-2,5-12,18-19H,3-4,13H2/t18-,19+. The largest absolute Gasteiger partial charge is 0.485 e. The van der Waals surface area contributed by atoms with Crippen LogP contribution in [0, 0.1) is 11.8 Å². The van der Waals surface area contributed by atoms with E-state index in [1.165, 1.54) is 4.90 Å². The van der Waals surface area contributed by atoms with Crippen LogP contribution in [0.15, 0.2) is 65.2 Å². The molecule has 2 atom stereocenters. The number of hydrogen-bond acceptors (Lipinski definition) is 4. The maximum Gasteiger partial charge on any atom is 0.238 e. The first-order chi connectivity index (χ1) is 13.5. The van der Waals surface area contributed by atoms with E-state index in [1.807, 2.05) is 12.2 Å².